The van der Waals surface area contributed by atoms with Crippen LogP contribution in [0.3, 0.4) is 0 Å². The molecule has 26 heavy (non-hydrogen) atoms. The van der Waals surface area contributed by atoms with Crippen LogP contribution in [0.15, 0.2) is 41.4 Å². The SMILES string of the molecule is CN=C(NCCc1ccc(F)cc1C)NCc1cc(C#N)ccc1F.I. The zero-order valence-corrected chi connectivity index (χ0v) is 17.0. The van der Waals surface area contributed by atoms with Crippen LogP contribution >= 0.6 is 24.0 Å². The van der Waals surface area contributed by atoms with Gasteiger partial charge in [-0.15, -0.1) is 24.0 Å². The highest BCUT2D eigenvalue weighted by atomic mass is 127. The summed E-state index contributed by atoms with van der Waals surface area (Å²) in [7, 11) is 1.63. The molecule has 0 atom stereocenters. The molecule has 0 aliphatic heterocycles. The number of guanidine groups is 1. The van der Waals surface area contributed by atoms with Crippen molar-refractivity contribution in [2.24, 2.45) is 4.99 Å². The summed E-state index contributed by atoms with van der Waals surface area (Å²) in [5, 5.41) is 15.0. The third-order valence-corrected chi connectivity index (χ3v) is 3.84. The van der Waals surface area contributed by atoms with Gasteiger partial charge < -0.3 is 10.6 Å². The smallest absolute Gasteiger partial charge is 0.191 e. The first-order valence-corrected chi connectivity index (χ1v) is 7.91. The highest BCUT2D eigenvalue weighted by Gasteiger charge is 2.06. The topological polar surface area (TPSA) is 60.2 Å². The number of benzene rings is 2. The second-order valence-corrected chi connectivity index (χ2v) is 5.59. The summed E-state index contributed by atoms with van der Waals surface area (Å²) in [5.41, 5.74) is 2.77. The molecule has 7 heteroatoms. The molecule has 0 spiro atoms. The Morgan fingerprint density at radius 2 is 1.88 bits per heavy atom. The minimum Gasteiger partial charge on any atom is -0.356 e. The van der Waals surface area contributed by atoms with E-state index >= 15 is 0 Å². The van der Waals surface area contributed by atoms with E-state index in [0.29, 0.717) is 30.1 Å². The van der Waals surface area contributed by atoms with E-state index < -0.39 is 0 Å². The molecular formula is C19H21F2IN4. The first-order valence-electron chi connectivity index (χ1n) is 7.91. The lowest BCUT2D eigenvalue weighted by Crippen LogP contribution is -2.38. The Hall–Kier alpha value is -2.21. The Labute approximate surface area is 169 Å². The summed E-state index contributed by atoms with van der Waals surface area (Å²) in [6, 6.07) is 10.9. The first-order chi connectivity index (χ1) is 12.0. The van der Waals surface area contributed by atoms with Crippen LogP contribution in [0.1, 0.15) is 22.3 Å². The van der Waals surface area contributed by atoms with Crippen LogP contribution in [0, 0.1) is 29.9 Å². The third-order valence-electron chi connectivity index (χ3n) is 3.84. The number of aliphatic imine (C=N–C) groups is 1. The lowest BCUT2D eigenvalue weighted by molar-refractivity contribution is 0.604. The van der Waals surface area contributed by atoms with E-state index in [0.717, 1.165) is 11.1 Å². The molecule has 0 amide bonds. The van der Waals surface area contributed by atoms with Crippen LogP contribution in [-0.4, -0.2) is 19.6 Å². The molecule has 2 rings (SSSR count). The quantitative estimate of drug-likeness (QED) is 0.399. The standard InChI is InChI=1S/C19H20F2N4.HI/c1-13-9-17(20)5-4-15(13)7-8-24-19(23-2)25-12-16-10-14(11-22)3-6-18(16)21;/h3-6,9-10H,7-8,12H2,1-2H3,(H2,23,24,25);1H. The van der Waals surface area contributed by atoms with Gasteiger partial charge in [-0.05, 0) is 54.8 Å². The number of nitrogens with one attached hydrogen (secondary N) is 2. The minimum atomic E-state index is -0.371. The van der Waals surface area contributed by atoms with Gasteiger partial charge in [-0.2, -0.15) is 5.26 Å². The molecule has 0 aromatic heterocycles. The summed E-state index contributed by atoms with van der Waals surface area (Å²) in [6.07, 6.45) is 0.713. The number of nitrogens with zero attached hydrogens (tertiary/aromatic N) is 2. The third kappa shape index (κ3) is 6.26. The van der Waals surface area contributed by atoms with Crippen molar-refractivity contribution in [3.8, 4) is 6.07 Å². The van der Waals surface area contributed by atoms with Gasteiger partial charge in [-0.3, -0.25) is 4.99 Å². The Morgan fingerprint density at radius 3 is 2.54 bits per heavy atom. The van der Waals surface area contributed by atoms with Gasteiger partial charge >= 0.3 is 0 Å². The van der Waals surface area contributed by atoms with Crippen molar-refractivity contribution < 1.29 is 8.78 Å². The van der Waals surface area contributed by atoms with Gasteiger partial charge in [0.15, 0.2) is 5.96 Å². The molecule has 0 saturated carbocycles. The Bertz CT molecular complexity index is 816. The van der Waals surface area contributed by atoms with Crippen LogP contribution < -0.4 is 10.6 Å². The van der Waals surface area contributed by atoms with Crippen molar-refractivity contribution in [1.82, 2.24) is 10.6 Å². The molecule has 0 saturated heterocycles. The number of hydrogen-bond acceptors (Lipinski definition) is 2. The van der Waals surface area contributed by atoms with E-state index in [4.69, 9.17) is 5.26 Å². The molecule has 0 heterocycles. The maximum absolute atomic E-state index is 13.8. The van der Waals surface area contributed by atoms with Crippen molar-refractivity contribution >= 4 is 29.9 Å². The minimum absolute atomic E-state index is 0. The van der Waals surface area contributed by atoms with E-state index in [9.17, 15) is 8.78 Å². The summed E-state index contributed by atoms with van der Waals surface area (Å²) in [4.78, 5) is 4.09. The second kappa shape index (κ2) is 10.7. The molecule has 0 aliphatic rings. The van der Waals surface area contributed by atoms with Gasteiger partial charge in [0.05, 0.1) is 11.6 Å². The van der Waals surface area contributed by atoms with Gasteiger partial charge in [0.25, 0.3) is 0 Å². The molecule has 2 aromatic rings. The lowest BCUT2D eigenvalue weighted by Gasteiger charge is -2.13. The van der Waals surface area contributed by atoms with Crippen molar-refractivity contribution in [2.75, 3.05) is 13.6 Å². The molecule has 0 fully saturated rings. The summed E-state index contributed by atoms with van der Waals surface area (Å²) >= 11 is 0. The highest BCUT2D eigenvalue weighted by molar-refractivity contribution is 14.0. The maximum Gasteiger partial charge on any atom is 0.191 e. The van der Waals surface area contributed by atoms with E-state index in [1.54, 1.807) is 13.1 Å². The molecule has 138 valence electrons. The molecular weight excluding hydrogens is 449 g/mol. The zero-order valence-electron chi connectivity index (χ0n) is 14.6. The fourth-order valence-corrected chi connectivity index (χ4v) is 2.43. The van der Waals surface area contributed by atoms with Gasteiger partial charge in [-0.1, -0.05) is 6.07 Å². The van der Waals surface area contributed by atoms with Gasteiger partial charge in [0.1, 0.15) is 11.6 Å². The van der Waals surface area contributed by atoms with Crippen LogP contribution in [0.5, 0.6) is 0 Å². The fourth-order valence-electron chi connectivity index (χ4n) is 2.43. The van der Waals surface area contributed by atoms with E-state index in [1.807, 2.05) is 13.0 Å². The molecule has 4 nitrogen and oxygen atoms in total. The monoisotopic (exact) mass is 470 g/mol. The predicted molar refractivity (Wildman–Crippen MR) is 110 cm³/mol. The van der Waals surface area contributed by atoms with Crippen LogP contribution in [0.4, 0.5) is 8.78 Å². The zero-order chi connectivity index (χ0) is 18.2. The number of rotatable bonds is 5. The van der Waals surface area contributed by atoms with Crippen LogP contribution in [-0.2, 0) is 13.0 Å². The first kappa shape index (κ1) is 21.8. The lowest BCUT2D eigenvalue weighted by atomic mass is 10.1. The van der Waals surface area contributed by atoms with E-state index in [1.165, 1.54) is 30.3 Å². The maximum atomic E-state index is 13.8. The molecule has 2 aromatic carbocycles. The van der Waals surface area contributed by atoms with Gasteiger partial charge in [0.2, 0.25) is 0 Å². The Kier molecular flexibility index (Phi) is 8.99. The molecule has 0 aliphatic carbocycles. The Morgan fingerprint density at radius 1 is 1.12 bits per heavy atom. The second-order valence-electron chi connectivity index (χ2n) is 5.59. The summed E-state index contributed by atoms with van der Waals surface area (Å²) in [5.74, 6) is -0.0845. The average Bonchev–Trinajstić information content (AvgIpc) is 2.60. The van der Waals surface area contributed by atoms with E-state index in [2.05, 4.69) is 15.6 Å². The predicted octanol–water partition coefficient (Wildman–Crippen LogP) is 3.67. The molecule has 0 radical (unpaired) electrons. The fraction of sp³-hybridized carbons (Fsp3) is 0.263. The normalized spacial score (nSPS) is 10.7. The molecule has 0 unspecified atom stereocenters. The summed E-state index contributed by atoms with van der Waals surface area (Å²) in [6.45, 7) is 2.69. The van der Waals surface area contributed by atoms with Gasteiger partial charge in [0, 0.05) is 25.7 Å². The Balaban J connectivity index is 0.00000338. The van der Waals surface area contributed by atoms with Crippen molar-refractivity contribution in [2.45, 2.75) is 19.9 Å². The van der Waals surface area contributed by atoms with Crippen LogP contribution in [0.2, 0.25) is 0 Å². The largest absolute Gasteiger partial charge is 0.356 e. The summed E-state index contributed by atoms with van der Waals surface area (Å²) < 4.78 is 26.9. The van der Waals surface area contributed by atoms with Gasteiger partial charge in [-0.25, -0.2) is 8.78 Å². The number of hydrogen-bond donors (Lipinski definition) is 2. The van der Waals surface area contributed by atoms with Crippen molar-refractivity contribution in [3.63, 3.8) is 0 Å². The van der Waals surface area contributed by atoms with Crippen molar-refractivity contribution in [3.05, 3.63) is 70.3 Å². The number of nitriles is 1. The number of aryl methyl sites for hydroxylation is 1. The molecule has 0 bridgehead atoms. The number of halogens is 3. The average molecular weight is 470 g/mol. The molecule has 2 N–H and O–H groups in total. The highest BCUT2D eigenvalue weighted by Crippen LogP contribution is 2.11. The van der Waals surface area contributed by atoms with E-state index in [-0.39, 0.29) is 42.2 Å². The van der Waals surface area contributed by atoms with Crippen molar-refractivity contribution in [1.29, 1.82) is 5.26 Å². The van der Waals surface area contributed by atoms with Crippen LogP contribution in [0.25, 0.3) is 0 Å².